The van der Waals surface area contributed by atoms with Gasteiger partial charge in [-0.1, -0.05) is 25.1 Å². The fourth-order valence-corrected chi connectivity index (χ4v) is 2.65. The average Bonchev–Trinajstić information content (AvgIpc) is 2.61. The summed E-state index contributed by atoms with van der Waals surface area (Å²) < 4.78 is 20.3. The number of carbonyl (C=O) groups is 2. The van der Waals surface area contributed by atoms with Crippen LogP contribution < -0.4 is 9.97 Å². The zero-order valence-corrected chi connectivity index (χ0v) is 15.5. The van der Waals surface area contributed by atoms with Crippen molar-refractivity contribution in [1.82, 2.24) is 5.32 Å². The minimum absolute atomic E-state index is 0.155. The smallest absolute Gasteiger partial charge is 0.534 e. The molecule has 2 unspecified atom stereocenters. The number of para-hydroxylation sites is 1. The maximum absolute atomic E-state index is 11.6. The molecule has 1 aliphatic rings. The number of hydrogen-bond acceptors (Lipinski definition) is 8. The number of aliphatic hydroxyl groups is 1. The van der Waals surface area contributed by atoms with Crippen LogP contribution in [0.4, 0.5) is 4.79 Å². The molecule has 1 aliphatic heterocycles. The van der Waals surface area contributed by atoms with Gasteiger partial charge in [-0.15, -0.1) is 0 Å². The molecule has 27 heavy (non-hydrogen) atoms. The van der Waals surface area contributed by atoms with Gasteiger partial charge in [0.1, 0.15) is 5.75 Å². The van der Waals surface area contributed by atoms with Crippen LogP contribution in [0.2, 0.25) is 0 Å². The molecule has 1 heterocycles. The van der Waals surface area contributed by atoms with E-state index in [2.05, 4.69) is 10.1 Å². The zero-order valence-electron chi connectivity index (χ0n) is 15.5. The zero-order chi connectivity index (χ0) is 20.0. The molecule has 0 radical (unpaired) electrons. The fraction of sp³-hybridized carbons (Fsp3) is 0.529. The Morgan fingerprint density at radius 1 is 1.41 bits per heavy atom. The molecule has 0 saturated heterocycles. The summed E-state index contributed by atoms with van der Waals surface area (Å²) in [6.07, 6.45) is -2.81. The summed E-state index contributed by atoms with van der Waals surface area (Å²) in [5.74, 6) is -0.525. The molecule has 1 aromatic rings. The largest absolute Gasteiger partial charge is 0.547 e. The molecule has 3 atom stereocenters. The normalized spacial score (nSPS) is 18.0. The number of amides is 1. The second-order valence-corrected chi connectivity index (χ2v) is 5.93. The van der Waals surface area contributed by atoms with Crippen LogP contribution in [-0.2, 0) is 25.4 Å². The van der Waals surface area contributed by atoms with Crippen LogP contribution >= 0.6 is 0 Å². The van der Waals surface area contributed by atoms with Crippen LogP contribution in [0.25, 0.3) is 0 Å². The Hall–Kier alpha value is -2.30. The summed E-state index contributed by atoms with van der Waals surface area (Å²) >= 11 is 0. The molecule has 0 spiro atoms. The number of ether oxygens (including phenoxy) is 3. The molecule has 0 aliphatic carbocycles. The molecule has 0 aromatic heterocycles. The number of fused-ring (bicyclic) bond motifs is 1. The maximum atomic E-state index is 11.6. The predicted molar refractivity (Wildman–Crippen MR) is 94.6 cm³/mol. The molecule has 10 heteroatoms. The van der Waals surface area contributed by atoms with Crippen LogP contribution in [-0.4, -0.2) is 48.1 Å². The molecule has 3 N–H and O–H groups in total. The Bertz CT molecular complexity index is 670. The molecule has 1 aromatic carbocycles. The standard InChI is InChI=1S/C17H24BNO8/c1-4-14(20)19-13-9-11-7-6-8-12(15(11)27-18(13)23)16(21)25-10(3)26-17(22)24-5-2/h6-8,10,13,16,21,23H,4-5,9H2,1-3H3,(H,19,20)/t10?,13-,16?/m0/s1. The van der Waals surface area contributed by atoms with Gasteiger partial charge in [0.2, 0.25) is 12.2 Å². The lowest BCUT2D eigenvalue weighted by molar-refractivity contribution is -0.209. The summed E-state index contributed by atoms with van der Waals surface area (Å²) in [4.78, 5) is 22.9. The number of rotatable bonds is 7. The van der Waals surface area contributed by atoms with Crippen molar-refractivity contribution in [3.63, 3.8) is 0 Å². The van der Waals surface area contributed by atoms with Crippen molar-refractivity contribution in [2.24, 2.45) is 0 Å². The highest BCUT2D eigenvalue weighted by Crippen LogP contribution is 2.34. The molecular formula is C17H24BNO8. The van der Waals surface area contributed by atoms with Crippen molar-refractivity contribution in [1.29, 1.82) is 0 Å². The Morgan fingerprint density at radius 2 is 2.15 bits per heavy atom. The number of nitrogens with one attached hydrogen (secondary N) is 1. The van der Waals surface area contributed by atoms with Gasteiger partial charge in [-0.2, -0.15) is 0 Å². The van der Waals surface area contributed by atoms with Crippen LogP contribution in [0, 0.1) is 0 Å². The van der Waals surface area contributed by atoms with Crippen molar-refractivity contribution in [3.05, 3.63) is 29.3 Å². The summed E-state index contributed by atoms with van der Waals surface area (Å²) in [6, 6.07) is 5.02. The van der Waals surface area contributed by atoms with Crippen molar-refractivity contribution in [2.75, 3.05) is 6.61 Å². The van der Waals surface area contributed by atoms with Crippen molar-refractivity contribution in [3.8, 4) is 5.75 Å². The van der Waals surface area contributed by atoms with Gasteiger partial charge in [-0.3, -0.25) is 4.79 Å². The average molecular weight is 381 g/mol. The van der Waals surface area contributed by atoms with Crippen LogP contribution in [0.5, 0.6) is 5.75 Å². The van der Waals surface area contributed by atoms with E-state index in [1.165, 1.54) is 6.92 Å². The highest BCUT2D eigenvalue weighted by molar-refractivity contribution is 6.46. The SMILES string of the molecule is CCOC(=O)OC(C)OC(O)c1cccc2c1OB(O)[C@@H](NC(=O)CC)C2. The first-order valence-electron chi connectivity index (χ1n) is 8.78. The van der Waals surface area contributed by atoms with Gasteiger partial charge < -0.3 is 34.3 Å². The quantitative estimate of drug-likeness (QED) is 0.364. The van der Waals surface area contributed by atoms with E-state index in [9.17, 15) is 19.7 Å². The second kappa shape index (κ2) is 9.59. The lowest BCUT2D eigenvalue weighted by Gasteiger charge is -2.30. The van der Waals surface area contributed by atoms with E-state index in [1.807, 2.05) is 0 Å². The van der Waals surface area contributed by atoms with E-state index >= 15 is 0 Å². The number of aliphatic hydroxyl groups excluding tert-OH is 1. The van der Waals surface area contributed by atoms with E-state index in [4.69, 9.17) is 14.1 Å². The van der Waals surface area contributed by atoms with Gasteiger partial charge in [0.25, 0.3) is 0 Å². The first-order valence-corrected chi connectivity index (χ1v) is 8.78. The van der Waals surface area contributed by atoms with Crippen molar-refractivity contribution < 1.29 is 38.6 Å². The van der Waals surface area contributed by atoms with Gasteiger partial charge >= 0.3 is 13.3 Å². The van der Waals surface area contributed by atoms with Crippen LogP contribution in [0.3, 0.4) is 0 Å². The highest BCUT2D eigenvalue weighted by Gasteiger charge is 2.37. The summed E-state index contributed by atoms with van der Waals surface area (Å²) in [5.41, 5.74) is 0.965. The third-order valence-electron chi connectivity index (χ3n) is 3.93. The molecular weight excluding hydrogens is 357 g/mol. The Morgan fingerprint density at radius 3 is 2.81 bits per heavy atom. The topological polar surface area (TPSA) is 124 Å². The summed E-state index contributed by atoms with van der Waals surface area (Å²) in [7, 11) is -1.27. The van der Waals surface area contributed by atoms with Crippen molar-refractivity contribution in [2.45, 2.75) is 52.1 Å². The third-order valence-corrected chi connectivity index (χ3v) is 3.93. The Balaban J connectivity index is 2.09. The van der Waals surface area contributed by atoms with E-state index in [-0.39, 0.29) is 23.8 Å². The minimum Gasteiger partial charge on any atom is -0.534 e. The molecule has 9 nitrogen and oxygen atoms in total. The summed E-state index contributed by atoms with van der Waals surface area (Å²) in [6.45, 7) is 4.94. The Kier molecular flexibility index (Phi) is 7.46. The number of benzene rings is 1. The Labute approximate surface area is 157 Å². The number of carbonyl (C=O) groups excluding carboxylic acids is 2. The van der Waals surface area contributed by atoms with Crippen molar-refractivity contribution >= 4 is 19.2 Å². The molecule has 0 saturated carbocycles. The van der Waals surface area contributed by atoms with Gasteiger partial charge in [-0.25, -0.2) is 4.79 Å². The molecule has 1 amide bonds. The van der Waals surface area contributed by atoms with E-state index in [1.54, 1.807) is 32.0 Å². The van der Waals surface area contributed by atoms with E-state index in [0.29, 0.717) is 18.4 Å². The predicted octanol–water partition coefficient (Wildman–Crippen LogP) is 1.06. The molecule has 148 valence electrons. The van der Waals surface area contributed by atoms with E-state index in [0.717, 1.165) is 0 Å². The molecule has 2 rings (SSSR count). The first kappa shape index (κ1) is 21.0. The number of hydrogen-bond donors (Lipinski definition) is 3. The lowest BCUT2D eigenvalue weighted by atomic mass is 9.72. The first-order chi connectivity index (χ1) is 12.8. The molecule has 0 fully saturated rings. The second-order valence-electron chi connectivity index (χ2n) is 5.93. The van der Waals surface area contributed by atoms with Gasteiger partial charge in [0.05, 0.1) is 12.5 Å². The van der Waals surface area contributed by atoms with E-state index < -0.39 is 31.8 Å². The minimum atomic E-state index is -1.46. The molecule has 0 bridgehead atoms. The maximum Gasteiger partial charge on any atom is 0.547 e. The monoisotopic (exact) mass is 381 g/mol. The summed E-state index contributed by atoms with van der Waals surface area (Å²) in [5, 5.41) is 23.2. The third kappa shape index (κ3) is 5.59. The van der Waals surface area contributed by atoms with Crippen LogP contribution in [0.15, 0.2) is 18.2 Å². The van der Waals surface area contributed by atoms with Gasteiger partial charge in [0, 0.05) is 12.0 Å². The van der Waals surface area contributed by atoms with Gasteiger partial charge in [-0.05, 0) is 25.8 Å². The lowest BCUT2D eigenvalue weighted by Crippen LogP contribution is -2.53. The van der Waals surface area contributed by atoms with Crippen LogP contribution in [0.1, 0.15) is 44.6 Å². The fourth-order valence-electron chi connectivity index (χ4n) is 2.65. The highest BCUT2D eigenvalue weighted by atomic mass is 16.8. The van der Waals surface area contributed by atoms with Gasteiger partial charge in [0.15, 0.2) is 6.29 Å².